The van der Waals surface area contributed by atoms with Crippen molar-refractivity contribution in [2.24, 2.45) is 5.92 Å². The summed E-state index contributed by atoms with van der Waals surface area (Å²) in [6.45, 7) is 0. The molecule has 0 bridgehead atoms. The molecule has 0 aliphatic heterocycles. The van der Waals surface area contributed by atoms with E-state index >= 15 is 0 Å². The van der Waals surface area contributed by atoms with E-state index in [4.69, 9.17) is 4.74 Å². The van der Waals surface area contributed by atoms with Crippen molar-refractivity contribution >= 4 is 21.7 Å². The highest BCUT2D eigenvalue weighted by atomic mass is 79.9. The van der Waals surface area contributed by atoms with Gasteiger partial charge in [0.15, 0.2) is 5.78 Å². The van der Waals surface area contributed by atoms with Crippen molar-refractivity contribution in [2.45, 2.75) is 12.3 Å². The summed E-state index contributed by atoms with van der Waals surface area (Å²) >= 11 is 3.33. The molecule has 2 aromatic rings. The fourth-order valence-corrected chi connectivity index (χ4v) is 2.71. The van der Waals surface area contributed by atoms with Gasteiger partial charge in [-0.25, -0.2) is 0 Å². The molecule has 0 aliphatic carbocycles. The number of benzene rings is 2. The molecule has 0 fully saturated rings. The first kappa shape index (κ1) is 17.7. The van der Waals surface area contributed by atoms with Crippen molar-refractivity contribution in [2.75, 3.05) is 7.11 Å². The molecule has 1 atom stereocenters. The van der Waals surface area contributed by atoms with Gasteiger partial charge in [0.05, 0.1) is 19.2 Å². The molecular formula is C19H15BrN2O2. The second-order valence-electron chi connectivity index (χ2n) is 5.25. The van der Waals surface area contributed by atoms with Gasteiger partial charge in [-0.15, -0.1) is 0 Å². The minimum absolute atomic E-state index is 0.0970. The van der Waals surface area contributed by atoms with Gasteiger partial charge < -0.3 is 4.74 Å². The zero-order chi connectivity index (χ0) is 17.5. The maximum atomic E-state index is 12.5. The zero-order valence-corrected chi connectivity index (χ0v) is 14.7. The van der Waals surface area contributed by atoms with Crippen LogP contribution in [0.5, 0.6) is 5.75 Å². The molecule has 24 heavy (non-hydrogen) atoms. The minimum atomic E-state index is -0.891. The predicted octanol–water partition coefficient (Wildman–Crippen LogP) is 4.48. The Kier molecular flexibility index (Phi) is 6.12. The third kappa shape index (κ3) is 4.22. The first-order chi connectivity index (χ1) is 11.6. The van der Waals surface area contributed by atoms with Crippen molar-refractivity contribution in [3.05, 3.63) is 64.1 Å². The Morgan fingerprint density at radius 1 is 1.08 bits per heavy atom. The van der Waals surface area contributed by atoms with Gasteiger partial charge in [-0.05, 0) is 29.8 Å². The Labute approximate surface area is 149 Å². The van der Waals surface area contributed by atoms with Crippen molar-refractivity contribution in [1.82, 2.24) is 0 Å². The summed E-state index contributed by atoms with van der Waals surface area (Å²) in [5.41, 5.74) is 1.33. The number of halogens is 1. The minimum Gasteiger partial charge on any atom is -0.497 e. The molecule has 0 aromatic heterocycles. The zero-order valence-electron chi connectivity index (χ0n) is 13.1. The van der Waals surface area contributed by atoms with Crippen LogP contribution < -0.4 is 4.74 Å². The molecular weight excluding hydrogens is 368 g/mol. The van der Waals surface area contributed by atoms with Crippen LogP contribution in [0, 0.1) is 28.6 Å². The Balaban J connectivity index is 2.29. The SMILES string of the molecule is COc1ccc([C@@H](CC(=O)c2ccc(Br)cc2)C(C#N)C#N)cc1. The number of nitriles is 2. The largest absolute Gasteiger partial charge is 0.497 e. The molecule has 0 N–H and O–H groups in total. The van der Waals surface area contributed by atoms with Crippen LogP contribution in [-0.4, -0.2) is 12.9 Å². The average Bonchev–Trinajstić information content (AvgIpc) is 2.62. The number of Topliss-reactive ketones (excluding diaryl/α,β-unsaturated/α-hetero) is 1. The Morgan fingerprint density at radius 3 is 2.17 bits per heavy atom. The number of nitrogens with zero attached hydrogens (tertiary/aromatic N) is 2. The predicted molar refractivity (Wildman–Crippen MR) is 93.5 cm³/mol. The lowest BCUT2D eigenvalue weighted by Gasteiger charge is -2.17. The maximum Gasteiger partial charge on any atom is 0.163 e. The van der Waals surface area contributed by atoms with Gasteiger partial charge in [-0.3, -0.25) is 4.79 Å². The first-order valence-corrected chi connectivity index (χ1v) is 8.10. The molecule has 2 aromatic carbocycles. The van der Waals surface area contributed by atoms with Gasteiger partial charge in [0.25, 0.3) is 0 Å². The molecule has 0 saturated carbocycles. The standard InChI is InChI=1S/C19H15BrN2O2/c1-24-17-8-4-13(5-9-17)18(15(11-21)12-22)10-19(23)14-2-6-16(20)7-3-14/h2-9,15,18H,10H2,1H3/t18-/m1/s1. The average molecular weight is 383 g/mol. The normalized spacial score (nSPS) is 11.4. The van der Waals surface area contributed by atoms with Gasteiger partial charge in [0.2, 0.25) is 0 Å². The third-order valence-electron chi connectivity index (χ3n) is 3.80. The number of carbonyl (C=O) groups is 1. The number of hydrogen-bond acceptors (Lipinski definition) is 4. The second-order valence-corrected chi connectivity index (χ2v) is 6.17. The summed E-state index contributed by atoms with van der Waals surface area (Å²) in [7, 11) is 1.57. The van der Waals surface area contributed by atoms with Crippen molar-refractivity contribution in [1.29, 1.82) is 10.5 Å². The van der Waals surface area contributed by atoms with Crippen molar-refractivity contribution < 1.29 is 9.53 Å². The van der Waals surface area contributed by atoms with Gasteiger partial charge in [0, 0.05) is 22.4 Å². The monoisotopic (exact) mass is 382 g/mol. The summed E-state index contributed by atoms with van der Waals surface area (Å²) in [5.74, 6) is -0.791. The van der Waals surface area contributed by atoms with E-state index in [1.807, 2.05) is 12.1 Å². The molecule has 0 unspecified atom stereocenters. The maximum absolute atomic E-state index is 12.5. The van der Waals surface area contributed by atoms with Crippen LogP contribution in [0.1, 0.15) is 28.3 Å². The van der Waals surface area contributed by atoms with Crippen LogP contribution in [0.25, 0.3) is 0 Å². The number of hydrogen-bond donors (Lipinski definition) is 0. The fourth-order valence-electron chi connectivity index (χ4n) is 2.44. The molecule has 2 rings (SSSR count). The van der Waals surface area contributed by atoms with Crippen LogP contribution in [0.2, 0.25) is 0 Å². The van der Waals surface area contributed by atoms with Gasteiger partial charge in [-0.2, -0.15) is 10.5 Å². The summed E-state index contributed by atoms with van der Waals surface area (Å²) in [6, 6.07) is 18.1. The number of ether oxygens (including phenoxy) is 1. The highest BCUT2D eigenvalue weighted by Crippen LogP contribution is 2.30. The van der Waals surface area contributed by atoms with E-state index in [0.29, 0.717) is 11.3 Å². The van der Waals surface area contributed by atoms with Crippen LogP contribution in [0.4, 0.5) is 0 Å². The lowest BCUT2D eigenvalue weighted by Crippen LogP contribution is -2.15. The Bertz CT molecular complexity index is 772. The highest BCUT2D eigenvalue weighted by Gasteiger charge is 2.26. The Morgan fingerprint density at radius 2 is 1.67 bits per heavy atom. The van der Waals surface area contributed by atoms with Crippen LogP contribution >= 0.6 is 15.9 Å². The molecule has 4 nitrogen and oxygen atoms in total. The first-order valence-electron chi connectivity index (χ1n) is 7.31. The number of ketones is 1. The molecule has 0 saturated heterocycles. The molecule has 0 amide bonds. The number of carbonyl (C=O) groups excluding carboxylic acids is 1. The molecule has 5 heteroatoms. The lowest BCUT2D eigenvalue weighted by atomic mass is 9.83. The smallest absolute Gasteiger partial charge is 0.163 e. The highest BCUT2D eigenvalue weighted by molar-refractivity contribution is 9.10. The van der Waals surface area contributed by atoms with Crippen LogP contribution in [-0.2, 0) is 0 Å². The summed E-state index contributed by atoms with van der Waals surface area (Å²) in [5, 5.41) is 18.5. The molecule has 0 radical (unpaired) electrons. The molecule has 0 spiro atoms. The summed E-state index contributed by atoms with van der Waals surface area (Å²) in [6.07, 6.45) is 0.0970. The van der Waals surface area contributed by atoms with E-state index in [-0.39, 0.29) is 12.2 Å². The summed E-state index contributed by atoms with van der Waals surface area (Å²) in [4.78, 5) is 12.5. The van der Waals surface area contributed by atoms with Gasteiger partial charge >= 0.3 is 0 Å². The van der Waals surface area contributed by atoms with E-state index < -0.39 is 11.8 Å². The topological polar surface area (TPSA) is 73.9 Å². The summed E-state index contributed by atoms with van der Waals surface area (Å²) < 4.78 is 6.01. The second kappa shape index (κ2) is 8.29. The lowest BCUT2D eigenvalue weighted by molar-refractivity contribution is 0.0971. The fraction of sp³-hybridized carbons (Fsp3) is 0.211. The number of rotatable bonds is 6. The molecule has 0 heterocycles. The van der Waals surface area contributed by atoms with E-state index in [1.54, 1.807) is 55.6 Å². The molecule has 120 valence electrons. The van der Waals surface area contributed by atoms with Crippen molar-refractivity contribution in [3.8, 4) is 17.9 Å². The molecule has 0 aliphatic rings. The van der Waals surface area contributed by atoms with Gasteiger partial charge in [-0.1, -0.05) is 40.2 Å². The Hall–Kier alpha value is -2.63. The van der Waals surface area contributed by atoms with Gasteiger partial charge in [0.1, 0.15) is 11.7 Å². The third-order valence-corrected chi connectivity index (χ3v) is 4.32. The quantitative estimate of drug-likeness (QED) is 0.690. The van der Waals surface area contributed by atoms with Crippen LogP contribution in [0.3, 0.4) is 0 Å². The van der Waals surface area contributed by atoms with Crippen LogP contribution in [0.15, 0.2) is 53.0 Å². The van der Waals surface area contributed by atoms with E-state index in [9.17, 15) is 15.3 Å². The van der Waals surface area contributed by atoms with E-state index in [1.165, 1.54) is 0 Å². The van der Waals surface area contributed by atoms with E-state index in [2.05, 4.69) is 15.9 Å². The number of methoxy groups -OCH3 is 1. The van der Waals surface area contributed by atoms with E-state index in [0.717, 1.165) is 10.0 Å². The van der Waals surface area contributed by atoms with Crippen molar-refractivity contribution in [3.63, 3.8) is 0 Å².